The molecule has 0 aromatic rings. The highest BCUT2D eigenvalue weighted by atomic mass is 16.6. The molecule has 1 aliphatic carbocycles. The summed E-state index contributed by atoms with van der Waals surface area (Å²) >= 11 is 0. The molecule has 3 rings (SSSR count). The Labute approximate surface area is 116 Å². The summed E-state index contributed by atoms with van der Waals surface area (Å²) in [7, 11) is 0. The molecule has 2 heterocycles. The molecule has 1 unspecified atom stereocenters. The number of rotatable bonds is 1. The Morgan fingerprint density at radius 2 is 1.95 bits per heavy atom. The van der Waals surface area contributed by atoms with E-state index >= 15 is 0 Å². The van der Waals surface area contributed by atoms with Gasteiger partial charge >= 0.3 is 11.9 Å². The summed E-state index contributed by atoms with van der Waals surface area (Å²) in [4.78, 5) is 23.5. The minimum Gasteiger partial charge on any atom is -0.461 e. The van der Waals surface area contributed by atoms with Crippen molar-refractivity contribution in [3.8, 4) is 0 Å². The second kappa shape index (κ2) is 4.06. The third kappa shape index (κ3) is 1.47. The number of ether oxygens (including phenoxy) is 2. The van der Waals surface area contributed by atoms with Crippen LogP contribution in [0.5, 0.6) is 0 Å². The van der Waals surface area contributed by atoms with Crippen LogP contribution < -0.4 is 0 Å². The lowest BCUT2D eigenvalue weighted by molar-refractivity contribution is -0.168. The molecule has 5 nitrogen and oxygen atoms in total. The zero-order valence-electron chi connectivity index (χ0n) is 11.0. The van der Waals surface area contributed by atoms with Crippen LogP contribution in [0.1, 0.15) is 6.42 Å². The van der Waals surface area contributed by atoms with Crippen molar-refractivity contribution >= 4 is 11.9 Å². The van der Waals surface area contributed by atoms with Gasteiger partial charge in [-0.15, -0.1) is 6.58 Å². The molecule has 0 bridgehead atoms. The van der Waals surface area contributed by atoms with Gasteiger partial charge in [0.1, 0.15) is 12.7 Å². The number of hydrogen-bond acceptors (Lipinski definition) is 5. The van der Waals surface area contributed by atoms with Crippen LogP contribution in [0, 0.1) is 17.3 Å². The molecule has 106 valence electrons. The lowest BCUT2D eigenvalue weighted by atomic mass is 9.57. The fraction of sp³-hybridized carbons (Fsp3) is 0.467. The summed E-state index contributed by atoms with van der Waals surface area (Å²) in [5.74, 6) is -1.93. The highest BCUT2D eigenvalue weighted by Gasteiger charge is 2.61. The van der Waals surface area contributed by atoms with Gasteiger partial charge < -0.3 is 14.6 Å². The molecule has 0 radical (unpaired) electrons. The number of fused-ring (bicyclic) bond motifs is 3. The Bertz CT molecular complexity index is 546. The number of esters is 2. The van der Waals surface area contributed by atoms with Crippen LogP contribution in [-0.2, 0) is 19.1 Å². The first-order chi connectivity index (χ1) is 9.41. The molecular formula is C15H16O5. The Morgan fingerprint density at radius 1 is 1.25 bits per heavy atom. The molecule has 5 atom stereocenters. The molecule has 0 amide bonds. The third-order valence-electron chi connectivity index (χ3n) is 4.73. The fourth-order valence-electron chi connectivity index (χ4n) is 3.69. The SMILES string of the molecule is C=C[C@@]12COC(=O)C(=C)[C@@H]1C1OC(=O)C(=C)[C@@H]1[C@@H](O)C2. The van der Waals surface area contributed by atoms with Crippen molar-refractivity contribution in [1.29, 1.82) is 0 Å². The zero-order valence-corrected chi connectivity index (χ0v) is 11.0. The van der Waals surface area contributed by atoms with Crippen molar-refractivity contribution < 1.29 is 24.2 Å². The smallest absolute Gasteiger partial charge is 0.334 e. The Kier molecular flexibility index (Phi) is 2.66. The van der Waals surface area contributed by atoms with Crippen LogP contribution in [0.15, 0.2) is 37.0 Å². The molecule has 1 saturated carbocycles. The average molecular weight is 276 g/mol. The number of cyclic esters (lactones) is 1. The molecule has 0 aromatic heterocycles. The van der Waals surface area contributed by atoms with Crippen molar-refractivity contribution in [1.82, 2.24) is 0 Å². The standard InChI is InChI=1S/C15H16O5/c1-4-15-5-9(16)10-7(2)14(18)20-12(10)11(15)8(3)13(17)19-6-15/h4,9-12,16H,1-3,5-6H2/t9-,10+,11+,12?,15+/m0/s1. The van der Waals surface area contributed by atoms with E-state index in [1.807, 2.05) is 0 Å². The van der Waals surface area contributed by atoms with Gasteiger partial charge in [0.15, 0.2) is 0 Å². The van der Waals surface area contributed by atoms with Gasteiger partial charge in [-0.25, -0.2) is 9.59 Å². The summed E-state index contributed by atoms with van der Waals surface area (Å²) in [6.07, 6.45) is 0.600. The van der Waals surface area contributed by atoms with Gasteiger partial charge in [0.25, 0.3) is 0 Å². The monoisotopic (exact) mass is 276 g/mol. The quantitative estimate of drug-likeness (QED) is 0.434. The van der Waals surface area contributed by atoms with Crippen molar-refractivity contribution in [2.45, 2.75) is 18.6 Å². The third-order valence-corrected chi connectivity index (χ3v) is 4.73. The predicted octanol–water partition coefficient (Wildman–Crippen LogP) is 0.750. The lowest BCUT2D eigenvalue weighted by Crippen LogP contribution is -2.56. The molecule has 5 heteroatoms. The maximum absolute atomic E-state index is 11.8. The van der Waals surface area contributed by atoms with E-state index in [0.717, 1.165) is 0 Å². The van der Waals surface area contributed by atoms with Crippen LogP contribution in [-0.4, -0.2) is 35.9 Å². The van der Waals surface area contributed by atoms with E-state index in [0.29, 0.717) is 6.42 Å². The largest absolute Gasteiger partial charge is 0.461 e. The number of aliphatic hydroxyl groups is 1. The van der Waals surface area contributed by atoms with Crippen molar-refractivity contribution in [2.75, 3.05) is 6.61 Å². The first-order valence-corrected chi connectivity index (χ1v) is 6.48. The van der Waals surface area contributed by atoms with E-state index in [2.05, 4.69) is 19.7 Å². The van der Waals surface area contributed by atoms with Gasteiger partial charge in [-0.2, -0.15) is 0 Å². The number of aliphatic hydroxyl groups excluding tert-OH is 1. The van der Waals surface area contributed by atoms with E-state index in [1.165, 1.54) is 0 Å². The van der Waals surface area contributed by atoms with E-state index in [1.54, 1.807) is 6.08 Å². The van der Waals surface area contributed by atoms with Crippen LogP contribution in [0.3, 0.4) is 0 Å². The number of hydrogen-bond donors (Lipinski definition) is 1. The summed E-state index contributed by atoms with van der Waals surface area (Å²) < 4.78 is 10.5. The molecule has 20 heavy (non-hydrogen) atoms. The summed E-state index contributed by atoms with van der Waals surface area (Å²) in [5.41, 5.74) is -0.122. The Balaban J connectivity index is 2.09. The first-order valence-electron chi connectivity index (χ1n) is 6.48. The van der Waals surface area contributed by atoms with Gasteiger partial charge in [0.2, 0.25) is 0 Å². The normalized spacial score (nSPS) is 43.5. The first kappa shape index (κ1) is 13.1. The molecule has 0 spiro atoms. The maximum Gasteiger partial charge on any atom is 0.334 e. The molecule has 0 aromatic carbocycles. The molecule has 2 saturated heterocycles. The van der Waals surface area contributed by atoms with Crippen LogP contribution in [0.4, 0.5) is 0 Å². The van der Waals surface area contributed by atoms with Gasteiger partial charge in [0, 0.05) is 22.5 Å². The highest BCUT2D eigenvalue weighted by Crippen LogP contribution is 2.54. The fourth-order valence-corrected chi connectivity index (χ4v) is 3.69. The molecule has 1 N–H and O–H groups in total. The topological polar surface area (TPSA) is 72.8 Å². The van der Waals surface area contributed by atoms with Crippen LogP contribution >= 0.6 is 0 Å². The minimum absolute atomic E-state index is 0.114. The van der Waals surface area contributed by atoms with Crippen molar-refractivity contribution in [3.63, 3.8) is 0 Å². The predicted molar refractivity (Wildman–Crippen MR) is 69.4 cm³/mol. The van der Waals surface area contributed by atoms with Gasteiger partial charge in [0.05, 0.1) is 12.0 Å². The lowest BCUT2D eigenvalue weighted by Gasteiger charge is -2.50. The molecule has 3 aliphatic rings. The highest BCUT2D eigenvalue weighted by molar-refractivity contribution is 5.93. The second-order valence-electron chi connectivity index (χ2n) is 5.71. The van der Waals surface area contributed by atoms with Crippen molar-refractivity contribution in [2.24, 2.45) is 17.3 Å². The summed E-state index contributed by atoms with van der Waals surface area (Å²) in [6, 6.07) is 0. The van der Waals surface area contributed by atoms with E-state index < -0.39 is 41.4 Å². The Morgan fingerprint density at radius 3 is 2.60 bits per heavy atom. The zero-order chi connectivity index (χ0) is 14.7. The number of carbonyl (C=O) groups is 2. The molecule has 2 aliphatic heterocycles. The molecular weight excluding hydrogens is 260 g/mol. The average Bonchev–Trinajstić information content (AvgIpc) is 2.70. The van der Waals surface area contributed by atoms with Gasteiger partial charge in [-0.3, -0.25) is 0 Å². The summed E-state index contributed by atoms with van der Waals surface area (Å²) in [6.45, 7) is 11.4. The van der Waals surface area contributed by atoms with Gasteiger partial charge in [-0.05, 0) is 6.42 Å². The number of carbonyl (C=O) groups excluding carboxylic acids is 2. The van der Waals surface area contributed by atoms with E-state index in [4.69, 9.17) is 9.47 Å². The van der Waals surface area contributed by atoms with Crippen LogP contribution in [0.25, 0.3) is 0 Å². The summed E-state index contributed by atoms with van der Waals surface area (Å²) in [5, 5.41) is 10.3. The minimum atomic E-state index is -0.780. The van der Waals surface area contributed by atoms with E-state index in [-0.39, 0.29) is 17.8 Å². The van der Waals surface area contributed by atoms with Crippen LogP contribution in [0.2, 0.25) is 0 Å². The molecule has 3 fully saturated rings. The second-order valence-corrected chi connectivity index (χ2v) is 5.71. The Hall–Kier alpha value is -1.88. The van der Waals surface area contributed by atoms with E-state index in [9.17, 15) is 14.7 Å². The maximum atomic E-state index is 11.8. The van der Waals surface area contributed by atoms with Crippen molar-refractivity contribution in [3.05, 3.63) is 37.0 Å². The van der Waals surface area contributed by atoms with Gasteiger partial charge in [-0.1, -0.05) is 19.2 Å².